The molecule has 0 unspecified atom stereocenters. The van der Waals surface area contributed by atoms with E-state index in [0.717, 1.165) is 0 Å². The third-order valence-corrected chi connectivity index (χ3v) is 3.18. The first kappa shape index (κ1) is 18.4. The second kappa shape index (κ2) is 8.22. The summed E-state index contributed by atoms with van der Waals surface area (Å²) in [6.45, 7) is -0.281. The molecule has 134 valence electrons. The predicted octanol–water partition coefficient (Wildman–Crippen LogP) is 2.94. The van der Waals surface area contributed by atoms with Gasteiger partial charge < -0.3 is 19.3 Å². The molecule has 0 aliphatic heterocycles. The molecule has 9 heteroatoms. The number of nitrogens with one attached hydrogen (secondary N) is 1. The Kier molecular flexibility index (Phi) is 6.04. The molecule has 7 nitrogen and oxygen atoms in total. The average Bonchev–Trinajstić information content (AvgIpc) is 2.95. The van der Waals surface area contributed by atoms with Crippen LogP contribution in [0.2, 0.25) is 0 Å². The third-order valence-electron chi connectivity index (χ3n) is 3.18. The fourth-order valence-electron chi connectivity index (χ4n) is 2.08. The Labute approximate surface area is 141 Å². The van der Waals surface area contributed by atoms with Crippen LogP contribution in [0, 0.1) is 6.92 Å². The Hall–Kier alpha value is -2.97. The molecule has 0 radical (unpaired) electrons. The summed E-state index contributed by atoms with van der Waals surface area (Å²) in [6, 6.07) is 5.68. The maximum absolute atomic E-state index is 12.3. The second-order valence-electron chi connectivity index (χ2n) is 4.91. The Morgan fingerprint density at radius 2 is 2.04 bits per heavy atom. The van der Waals surface area contributed by atoms with Gasteiger partial charge in [-0.25, -0.2) is 4.79 Å². The number of ether oxygens (including phenoxy) is 2. The highest BCUT2D eigenvalue weighted by molar-refractivity contribution is 5.97. The lowest BCUT2D eigenvalue weighted by molar-refractivity contribution is -0.119. The van der Waals surface area contributed by atoms with Gasteiger partial charge in [0.15, 0.2) is 6.61 Å². The standard InChI is InChI=1S/C16H16F2N2O5/c1-3-10-14(9(2)25-20-10)15(22)23-8-13(21)19-11-6-4-5-7-12(11)24-16(17)18/h4-7,16H,3,8H2,1-2H3,(H,19,21). The number of esters is 1. The van der Waals surface area contributed by atoms with Crippen molar-refractivity contribution in [2.24, 2.45) is 0 Å². The van der Waals surface area contributed by atoms with E-state index in [1.807, 2.05) is 0 Å². The van der Waals surface area contributed by atoms with Crippen molar-refractivity contribution in [1.82, 2.24) is 5.16 Å². The Balaban J connectivity index is 1.97. The number of hydrogen-bond acceptors (Lipinski definition) is 6. The minimum atomic E-state index is -3.03. The van der Waals surface area contributed by atoms with Gasteiger partial charge in [0.1, 0.15) is 17.1 Å². The molecule has 25 heavy (non-hydrogen) atoms. The number of alkyl halides is 2. The van der Waals surface area contributed by atoms with Gasteiger partial charge in [0, 0.05) is 0 Å². The van der Waals surface area contributed by atoms with Crippen LogP contribution in [0.25, 0.3) is 0 Å². The molecule has 1 amide bonds. The summed E-state index contributed by atoms with van der Waals surface area (Å²) < 4.78 is 38.8. The van der Waals surface area contributed by atoms with Gasteiger partial charge in [-0.3, -0.25) is 4.79 Å². The zero-order chi connectivity index (χ0) is 18.4. The first-order valence-corrected chi connectivity index (χ1v) is 7.38. The normalized spacial score (nSPS) is 10.6. The monoisotopic (exact) mass is 354 g/mol. The molecule has 0 atom stereocenters. The molecule has 0 fully saturated rings. The van der Waals surface area contributed by atoms with Crippen LogP contribution in [0.4, 0.5) is 14.5 Å². The van der Waals surface area contributed by atoms with Gasteiger partial charge in [-0.05, 0) is 25.5 Å². The van der Waals surface area contributed by atoms with E-state index in [-0.39, 0.29) is 22.8 Å². The number of aryl methyl sites for hydroxylation is 2. The van der Waals surface area contributed by atoms with E-state index in [1.165, 1.54) is 24.3 Å². The number of aromatic nitrogens is 1. The molecule has 0 saturated heterocycles. The van der Waals surface area contributed by atoms with Crippen LogP contribution in [0.3, 0.4) is 0 Å². The van der Waals surface area contributed by atoms with Gasteiger partial charge in [-0.1, -0.05) is 24.2 Å². The molecular formula is C16H16F2N2O5. The highest BCUT2D eigenvalue weighted by Crippen LogP contribution is 2.25. The van der Waals surface area contributed by atoms with E-state index >= 15 is 0 Å². The Bertz CT molecular complexity index is 761. The summed E-state index contributed by atoms with van der Waals surface area (Å²) in [5.74, 6) is -1.35. The zero-order valence-electron chi connectivity index (χ0n) is 13.5. The first-order valence-electron chi connectivity index (χ1n) is 7.38. The summed E-state index contributed by atoms with van der Waals surface area (Å²) in [5.41, 5.74) is 0.648. The fourth-order valence-corrected chi connectivity index (χ4v) is 2.08. The van der Waals surface area contributed by atoms with Crippen LogP contribution in [-0.2, 0) is 16.0 Å². The van der Waals surface area contributed by atoms with Gasteiger partial charge in [0.25, 0.3) is 5.91 Å². The van der Waals surface area contributed by atoms with Crippen molar-refractivity contribution < 1.29 is 32.4 Å². The molecule has 0 spiro atoms. The van der Waals surface area contributed by atoms with Crippen LogP contribution >= 0.6 is 0 Å². The van der Waals surface area contributed by atoms with Gasteiger partial charge in [-0.2, -0.15) is 8.78 Å². The molecule has 2 aromatic rings. The van der Waals surface area contributed by atoms with Crippen LogP contribution in [0.5, 0.6) is 5.75 Å². The molecule has 1 N–H and O–H groups in total. The number of carbonyl (C=O) groups excluding carboxylic acids is 2. The highest BCUT2D eigenvalue weighted by atomic mass is 19.3. The quantitative estimate of drug-likeness (QED) is 0.769. The van der Waals surface area contributed by atoms with Crippen LogP contribution in [0.15, 0.2) is 28.8 Å². The van der Waals surface area contributed by atoms with E-state index in [9.17, 15) is 18.4 Å². The summed E-state index contributed by atoms with van der Waals surface area (Å²) in [5, 5.41) is 6.07. The number of rotatable bonds is 7. The van der Waals surface area contributed by atoms with Crippen molar-refractivity contribution in [3.63, 3.8) is 0 Å². The van der Waals surface area contributed by atoms with Gasteiger partial charge in [-0.15, -0.1) is 0 Å². The zero-order valence-corrected chi connectivity index (χ0v) is 13.5. The Morgan fingerprint density at radius 1 is 1.32 bits per heavy atom. The topological polar surface area (TPSA) is 90.7 Å². The summed E-state index contributed by atoms with van der Waals surface area (Å²) in [4.78, 5) is 23.9. The first-order chi connectivity index (χ1) is 11.9. The van der Waals surface area contributed by atoms with Gasteiger partial charge >= 0.3 is 12.6 Å². The number of carbonyl (C=O) groups is 2. The number of anilines is 1. The van der Waals surface area contributed by atoms with Crippen LogP contribution < -0.4 is 10.1 Å². The molecule has 1 heterocycles. The van der Waals surface area contributed by atoms with Gasteiger partial charge in [0.2, 0.25) is 0 Å². The van der Waals surface area contributed by atoms with E-state index in [1.54, 1.807) is 13.8 Å². The fraction of sp³-hybridized carbons (Fsp3) is 0.312. The number of nitrogens with zero attached hydrogens (tertiary/aromatic N) is 1. The van der Waals surface area contributed by atoms with Crippen LogP contribution in [0.1, 0.15) is 28.7 Å². The number of benzene rings is 1. The molecule has 0 aliphatic carbocycles. The van der Waals surface area contributed by atoms with E-state index < -0.39 is 25.1 Å². The lowest BCUT2D eigenvalue weighted by Gasteiger charge is -2.11. The predicted molar refractivity (Wildman–Crippen MR) is 82.6 cm³/mol. The minimum absolute atomic E-state index is 0.0410. The lowest BCUT2D eigenvalue weighted by Crippen LogP contribution is -2.22. The largest absolute Gasteiger partial charge is 0.452 e. The van der Waals surface area contributed by atoms with Crippen molar-refractivity contribution in [2.45, 2.75) is 26.9 Å². The number of hydrogen-bond donors (Lipinski definition) is 1. The molecule has 0 saturated carbocycles. The summed E-state index contributed by atoms with van der Waals surface area (Å²) in [7, 11) is 0. The highest BCUT2D eigenvalue weighted by Gasteiger charge is 2.21. The molecule has 1 aromatic carbocycles. The molecular weight excluding hydrogens is 338 g/mol. The maximum atomic E-state index is 12.3. The van der Waals surface area contributed by atoms with Crippen molar-refractivity contribution >= 4 is 17.6 Å². The van der Waals surface area contributed by atoms with Crippen molar-refractivity contribution in [2.75, 3.05) is 11.9 Å². The van der Waals surface area contributed by atoms with E-state index in [0.29, 0.717) is 12.1 Å². The lowest BCUT2D eigenvalue weighted by atomic mass is 10.1. The number of halogens is 2. The van der Waals surface area contributed by atoms with Crippen LogP contribution in [-0.4, -0.2) is 30.3 Å². The number of amides is 1. The molecule has 1 aromatic heterocycles. The molecule has 0 aliphatic rings. The van der Waals surface area contributed by atoms with Crippen molar-refractivity contribution in [3.8, 4) is 5.75 Å². The van der Waals surface area contributed by atoms with E-state index in [4.69, 9.17) is 9.26 Å². The number of para-hydroxylation sites is 2. The van der Waals surface area contributed by atoms with E-state index in [2.05, 4.69) is 15.2 Å². The SMILES string of the molecule is CCc1noc(C)c1C(=O)OCC(=O)Nc1ccccc1OC(F)F. The molecule has 2 rings (SSSR count). The summed E-state index contributed by atoms with van der Waals surface area (Å²) >= 11 is 0. The smallest absolute Gasteiger partial charge is 0.387 e. The van der Waals surface area contributed by atoms with Crippen molar-refractivity contribution in [3.05, 3.63) is 41.3 Å². The maximum Gasteiger partial charge on any atom is 0.387 e. The second-order valence-corrected chi connectivity index (χ2v) is 4.91. The minimum Gasteiger partial charge on any atom is -0.452 e. The summed E-state index contributed by atoms with van der Waals surface area (Å²) in [6.07, 6.45) is 0.465. The van der Waals surface area contributed by atoms with Crippen molar-refractivity contribution in [1.29, 1.82) is 0 Å². The Morgan fingerprint density at radius 3 is 2.72 bits per heavy atom. The van der Waals surface area contributed by atoms with Gasteiger partial charge in [0.05, 0.1) is 11.4 Å². The average molecular weight is 354 g/mol. The third kappa shape index (κ3) is 4.75. The molecule has 0 bridgehead atoms.